The molecule has 1 amide bonds. The van der Waals surface area contributed by atoms with Crippen LogP contribution in [0.15, 0.2) is 0 Å². The first-order valence-electron chi connectivity index (χ1n) is 7.45. The Morgan fingerprint density at radius 1 is 1.32 bits per heavy atom. The SMILES string of the molecule is CC(NC(=O)COC1CCNCC1)C1CCOCC1. The fourth-order valence-electron chi connectivity index (χ4n) is 2.78. The third-order valence-corrected chi connectivity index (χ3v) is 4.10. The first-order valence-corrected chi connectivity index (χ1v) is 7.45. The zero-order chi connectivity index (χ0) is 13.5. The number of nitrogens with one attached hydrogen (secondary N) is 2. The van der Waals surface area contributed by atoms with Gasteiger partial charge in [0, 0.05) is 19.3 Å². The van der Waals surface area contributed by atoms with Crippen LogP contribution >= 0.6 is 0 Å². The van der Waals surface area contributed by atoms with Crippen LogP contribution in [0.25, 0.3) is 0 Å². The molecule has 0 aromatic rings. The highest BCUT2D eigenvalue weighted by Gasteiger charge is 2.22. The van der Waals surface area contributed by atoms with Crippen LogP contribution in [0.3, 0.4) is 0 Å². The van der Waals surface area contributed by atoms with E-state index in [1.54, 1.807) is 0 Å². The first kappa shape index (κ1) is 14.8. The largest absolute Gasteiger partial charge is 0.381 e. The molecule has 5 nitrogen and oxygen atoms in total. The topological polar surface area (TPSA) is 59.6 Å². The van der Waals surface area contributed by atoms with Gasteiger partial charge in [-0.3, -0.25) is 4.79 Å². The Morgan fingerprint density at radius 3 is 2.68 bits per heavy atom. The molecule has 2 heterocycles. The summed E-state index contributed by atoms with van der Waals surface area (Å²) >= 11 is 0. The Hall–Kier alpha value is -0.650. The van der Waals surface area contributed by atoms with Gasteiger partial charge in [-0.1, -0.05) is 0 Å². The highest BCUT2D eigenvalue weighted by Crippen LogP contribution is 2.18. The van der Waals surface area contributed by atoms with Gasteiger partial charge in [-0.2, -0.15) is 0 Å². The number of carbonyl (C=O) groups is 1. The zero-order valence-corrected chi connectivity index (χ0v) is 11.8. The van der Waals surface area contributed by atoms with Crippen molar-refractivity contribution >= 4 is 5.91 Å². The Balaban J connectivity index is 1.62. The van der Waals surface area contributed by atoms with E-state index in [-0.39, 0.29) is 24.7 Å². The van der Waals surface area contributed by atoms with Crippen molar-refractivity contribution in [3.63, 3.8) is 0 Å². The molecular weight excluding hydrogens is 244 g/mol. The molecule has 0 bridgehead atoms. The lowest BCUT2D eigenvalue weighted by Crippen LogP contribution is -2.43. The maximum Gasteiger partial charge on any atom is 0.246 e. The molecule has 2 N–H and O–H groups in total. The molecule has 0 aliphatic carbocycles. The lowest BCUT2D eigenvalue weighted by molar-refractivity contribution is -0.129. The van der Waals surface area contributed by atoms with Crippen molar-refractivity contribution in [3.8, 4) is 0 Å². The molecule has 1 unspecified atom stereocenters. The van der Waals surface area contributed by atoms with Gasteiger partial charge in [0.15, 0.2) is 0 Å². The highest BCUT2D eigenvalue weighted by atomic mass is 16.5. The van der Waals surface area contributed by atoms with Crippen LogP contribution in [0.5, 0.6) is 0 Å². The van der Waals surface area contributed by atoms with Gasteiger partial charge in [0.25, 0.3) is 0 Å². The fourth-order valence-corrected chi connectivity index (χ4v) is 2.78. The summed E-state index contributed by atoms with van der Waals surface area (Å²) in [5.41, 5.74) is 0. The molecule has 2 aliphatic heterocycles. The standard InChI is InChI=1S/C14H26N2O3/c1-11(12-4-8-18-9-5-12)16-14(17)10-19-13-2-6-15-7-3-13/h11-13,15H,2-10H2,1H3,(H,16,17). The molecule has 0 saturated carbocycles. The number of carbonyl (C=O) groups excluding carboxylic acids is 1. The molecule has 2 fully saturated rings. The Kier molecular flexibility index (Phi) is 6.07. The summed E-state index contributed by atoms with van der Waals surface area (Å²) in [5.74, 6) is 0.550. The molecule has 5 heteroatoms. The minimum atomic E-state index is 0.0116. The molecule has 2 saturated heterocycles. The number of piperidine rings is 1. The lowest BCUT2D eigenvalue weighted by Gasteiger charge is -2.28. The fraction of sp³-hybridized carbons (Fsp3) is 0.929. The van der Waals surface area contributed by atoms with Crippen molar-refractivity contribution < 1.29 is 14.3 Å². The predicted octanol–water partition coefficient (Wildman–Crippen LogP) is 0.686. The summed E-state index contributed by atoms with van der Waals surface area (Å²) in [4.78, 5) is 11.9. The third-order valence-electron chi connectivity index (χ3n) is 4.10. The van der Waals surface area contributed by atoms with Gasteiger partial charge in [-0.05, 0) is 51.6 Å². The van der Waals surface area contributed by atoms with Crippen molar-refractivity contribution in [3.05, 3.63) is 0 Å². The number of hydrogen-bond donors (Lipinski definition) is 2. The molecule has 0 spiro atoms. The van der Waals surface area contributed by atoms with Gasteiger partial charge in [0.2, 0.25) is 5.91 Å². The number of hydrogen-bond acceptors (Lipinski definition) is 4. The van der Waals surface area contributed by atoms with E-state index in [4.69, 9.17) is 9.47 Å². The van der Waals surface area contributed by atoms with Gasteiger partial charge in [0.1, 0.15) is 6.61 Å². The highest BCUT2D eigenvalue weighted by molar-refractivity contribution is 5.77. The summed E-state index contributed by atoms with van der Waals surface area (Å²) in [5, 5.41) is 6.34. The van der Waals surface area contributed by atoms with E-state index < -0.39 is 0 Å². The molecular formula is C14H26N2O3. The Bertz CT molecular complexity index is 274. The van der Waals surface area contributed by atoms with Gasteiger partial charge in [-0.25, -0.2) is 0 Å². The average Bonchev–Trinajstić information content (AvgIpc) is 2.47. The van der Waals surface area contributed by atoms with Crippen molar-refractivity contribution in [2.75, 3.05) is 32.9 Å². The lowest BCUT2D eigenvalue weighted by atomic mass is 9.93. The number of rotatable bonds is 5. The Morgan fingerprint density at radius 2 is 2.00 bits per heavy atom. The van der Waals surface area contributed by atoms with Gasteiger partial charge < -0.3 is 20.1 Å². The van der Waals surface area contributed by atoms with Gasteiger partial charge in [0.05, 0.1) is 6.10 Å². The van der Waals surface area contributed by atoms with E-state index in [9.17, 15) is 4.79 Å². The quantitative estimate of drug-likeness (QED) is 0.771. The monoisotopic (exact) mass is 270 g/mol. The molecule has 0 aromatic heterocycles. The number of amides is 1. The van der Waals surface area contributed by atoms with Crippen LogP contribution in [0.4, 0.5) is 0 Å². The van der Waals surface area contributed by atoms with Crippen LogP contribution in [0.2, 0.25) is 0 Å². The van der Waals surface area contributed by atoms with E-state index in [1.807, 2.05) is 0 Å². The molecule has 0 radical (unpaired) electrons. The molecule has 19 heavy (non-hydrogen) atoms. The van der Waals surface area contributed by atoms with E-state index in [2.05, 4.69) is 17.6 Å². The second-order valence-corrected chi connectivity index (χ2v) is 5.57. The summed E-state index contributed by atoms with van der Waals surface area (Å²) in [6.45, 7) is 5.89. The van der Waals surface area contributed by atoms with Crippen LogP contribution in [-0.4, -0.2) is 51.0 Å². The normalized spacial score (nSPS) is 24.1. The molecule has 2 aliphatic rings. The van der Waals surface area contributed by atoms with Gasteiger partial charge >= 0.3 is 0 Å². The maximum atomic E-state index is 11.9. The summed E-state index contributed by atoms with van der Waals surface area (Å²) in [6.07, 6.45) is 4.32. The van der Waals surface area contributed by atoms with Crippen molar-refractivity contribution in [2.45, 2.75) is 44.8 Å². The second kappa shape index (κ2) is 7.82. The van der Waals surface area contributed by atoms with Gasteiger partial charge in [-0.15, -0.1) is 0 Å². The van der Waals surface area contributed by atoms with E-state index in [0.29, 0.717) is 5.92 Å². The molecule has 1 atom stereocenters. The first-order chi connectivity index (χ1) is 9.25. The number of ether oxygens (including phenoxy) is 2. The predicted molar refractivity (Wildman–Crippen MR) is 73.0 cm³/mol. The summed E-state index contributed by atoms with van der Waals surface area (Å²) < 4.78 is 11.0. The summed E-state index contributed by atoms with van der Waals surface area (Å²) in [7, 11) is 0. The molecule has 0 aromatic carbocycles. The molecule has 2 rings (SSSR count). The summed E-state index contributed by atoms with van der Waals surface area (Å²) in [6, 6.07) is 0.216. The average molecular weight is 270 g/mol. The Labute approximate surface area is 115 Å². The maximum absolute atomic E-state index is 11.9. The van der Waals surface area contributed by atoms with Crippen LogP contribution in [0.1, 0.15) is 32.6 Å². The van der Waals surface area contributed by atoms with Crippen molar-refractivity contribution in [2.24, 2.45) is 5.92 Å². The minimum absolute atomic E-state index is 0.0116. The van der Waals surface area contributed by atoms with Crippen LogP contribution < -0.4 is 10.6 Å². The van der Waals surface area contributed by atoms with Crippen molar-refractivity contribution in [1.82, 2.24) is 10.6 Å². The van der Waals surface area contributed by atoms with E-state index >= 15 is 0 Å². The molecule has 110 valence electrons. The third kappa shape index (κ3) is 5.09. The van der Waals surface area contributed by atoms with E-state index in [0.717, 1.165) is 52.0 Å². The van der Waals surface area contributed by atoms with E-state index in [1.165, 1.54) is 0 Å². The minimum Gasteiger partial charge on any atom is -0.381 e. The smallest absolute Gasteiger partial charge is 0.246 e. The van der Waals surface area contributed by atoms with Crippen molar-refractivity contribution in [1.29, 1.82) is 0 Å². The zero-order valence-electron chi connectivity index (χ0n) is 11.8. The van der Waals surface area contributed by atoms with Crippen LogP contribution in [0, 0.1) is 5.92 Å². The van der Waals surface area contributed by atoms with Crippen LogP contribution in [-0.2, 0) is 14.3 Å². The second-order valence-electron chi connectivity index (χ2n) is 5.57.